The molecule has 8 heteroatoms. The second kappa shape index (κ2) is 13.0. The van der Waals surface area contributed by atoms with Crippen LogP contribution in [0.4, 0.5) is 0 Å². The Kier molecular flexibility index (Phi) is 9.59. The molecule has 3 aliphatic rings. The molecule has 0 radical (unpaired) electrons. The van der Waals surface area contributed by atoms with Crippen molar-refractivity contribution in [2.75, 3.05) is 13.2 Å². The first-order valence-electron chi connectivity index (χ1n) is 17.0. The monoisotopic (exact) mass is 636 g/mol. The number of phenols is 2. The summed E-state index contributed by atoms with van der Waals surface area (Å²) in [6.07, 6.45) is 7.16. The highest BCUT2D eigenvalue weighted by atomic mass is 16.5. The predicted molar refractivity (Wildman–Crippen MR) is 176 cm³/mol. The fraction of sp³-hybridized carbons (Fsp3) is 0.632. The van der Waals surface area contributed by atoms with Gasteiger partial charge < -0.3 is 29.2 Å². The SMILES string of the molecule is Cc1c(C)c2c(c(C)c1O)CCC(C)(CCOC(=O)C1CCCCC1C(=O)OCCC1(C)CCc3c(C)c(O)c(C)c(C)c3O1)O2. The molecule has 0 bridgehead atoms. The van der Waals surface area contributed by atoms with E-state index in [-0.39, 0.29) is 25.2 Å². The van der Waals surface area contributed by atoms with Gasteiger partial charge in [-0.25, -0.2) is 0 Å². The van der Waals surface area contributed by atoms with Gasteiger partial charge in [0.05, 0.1) is 25.0 Å². The van der Waals surface area contributed by atoms with Gasteiger partial charge in [0.2, 0.25) is 0 Å². The zero-order chi connectivity index (χ0) is 33.6. The number of phenolic OH excluding ortho intramolecular Hbond substituents is 2. The maximum Gasteiger partial charge on any atom is 0.309 e. The predicted octanol–water partition coefficient (Wildman–Crippen LogP) is 7.49. The smallest absolute Gasteiger partial charge is 0.309 e. The number of rotatable bonds is 8. The third kappa shape index (κ3) is 6.41. The van der Waals surface area contributed by atoms with Crippen LogP contribution in [0.3, 0.4) is 0 Å². The number of fused-ring (bicyclic) bond motifs is 2. The van der Waals surface area contributed by atoms with Gasteiger partial charge in [-0.1, -0.05) is 12.8 Å². The fourth-order valence-electron chi connectivity index (χ4n) is 7.59. The van der Waals surface area contributed by atoms with E-state index in [1.807, 2.05) is 55.4 Å². The van der Waals surface area contributed by atoms with Gasteiger partial charge in [0.1, 0.15) is 34.2 Å². The van der Waals surface area contributed by atoms with Crippen molar-refractivity contribution in [3.63, 3.8) is 0 Å². The van der Waals surface area contributed by atoms with Crippen LogP contribution in [0.5, 0.6) is 23.0 Å². The van der Waals surface area contributed by atoms with Crippen LogP contribution in [0, 0.1) is 53.4 Å². The van der Waals surface area contributed by atoms with Gasteiger partial charge in [-0.15, -0.1) is 0 Å². The molecule has 2 aliphatic heterocycles. The molecule has 2 N–H and O–H groups in total. The Bertz CT molecular complexity index is 1410. The minimum Gasteiger partial charge on any atom is -0.507 e. The van der Waals surface area contributed by atoms with Crippen molar-refractivity contribution in [3.05, 3.63) is 44.5 Å². The molecule has 8 nitrogen and oxygen atoms in total. The lowest BCUT2D eigenvalue weighted by molar-refractivity contribution is -0.164. The first-order valence-corrected chi connectivity index (χ1v) is 17.0. The van der Waals surface area contributed by atoms with Gasteiger partial charge in [-0.3, -0.25) is 9.59 Å². The summed E-state index contributed by atoms with van der Waals surface area (Å²) < 4.78 is 24.6. The van der Waals surface area contributed by atoms with Crippen molar-refractivity contribution >= 4 is 11.9 Å². The Morgan fingerprint density at radius 3 is 1.39 bits per heavy atom. The Labute approximate surface area is 273 Å². The van der Waals surface area contributed by atoms with E-state index in [1.165, 1.54) is 0 Å². The maximum absolute atomic E-state index is 13.3. The zero-order valence-electron chi connectivity index (χ0n) is 29.0. The van der Waals surface area contributed by atoms with Crippen LogP contribution in [0.25, 0.3) is 0 Å². The van der Waals surface area contributed by atoms with Crippen LogP contribution in [-0.4, -0.2) is 46.6 Å². The average Bonchev–Trinajstić information content (AvgIpc) is 3.04. The van der Waals surface area contributed by atoms with Crippen LogP contribution in [0.15, 0.2) is 0 Å². The number of hydrogen-bond donors (Lipinski definition) is 2. The van der Waals surface area contributed by atoms with E-state index in [0.717, 1.165) is 94.5 Å². The van der Waals surface area contributed by atoms with E-state index in [9.17, 15) is 19.8 Å². The van der Waals surface area contributed by atoms with Gasteiger partial charge >= 0.3 is 11.9 Å². The van der Waals surface area contributed by atoms with Crippen LogP contribution >= 0.6 is 0 Å². The van der Waals surface area contributed by atoms with E-state index in [4.69, 9.17) is 18.9 Å². The molecule has 2 aromatic rings. The lowest BCUT2D eigenvalue weighted by atomic mass is 9.79. The number of ether oxygens (including phenoxy) is 4. The normalized spacial score (nSPS) is 25.5. The van der Waals surface area contributed by atoms with Crippen LogP contribution in [0.2, 0.25) is 0 Å². The average molecular weight is 637 g/mol. The third-order valence-corrected chi connectivity index (χ3v) is 11.3. The maximum atomic E-state index is 13.3. The number of aromatic hydroxyl groups is 2. The molecule has 1 fully saturated rings. The highest BCUT2D eigenvalue weighted by Gasteiger charge is 2.40. The Morgan fingerprint density at radius 2 is 1.02 bits per heavy atom. The summed E-state index contributed by atoms with van der Waals surface area (Å²) in [5.74, 6) is 0.652. The molecule has 4 unspecified atom stereocenters. The van der Waals surface area contributed by atoms with E-state index in [2.05, 4.69) is 0 Å². The van der Waals surface area contributed by atoms with E-state index in [1.54, 1.807) is 0 Å². The summed E-state index contributed by atoms with van der Waals surface area (Å²) in [4.78, 5) is 26.6. The summed E-state index contributed by atoms with van der Waals surface area (Å²) in [5.41, 5.74) is 6.39. The lowest BCUT2D eigenvalue weighted by Crippen LogP contribution is -2.40. The summed E-state index contributed by atoms with van der Waals surface area (Å²) in [7, 11) is 0. The lowest BCUT2D eigenvalue weighted by Gasteiger charge is -2.38. The van der Waals surface area contributed by atoms with Gasteiger partial charge in [0, 0.05) is 24.0 Å². The number of benzene rings is 2. The van der Waals surface area contributed by atoms with Crippen LogP contribution in [-0.2, 0) is 31.9 Å². The molecule has 0 saturated heterocycles. The minimum absolute atomic E-state index is 0.214. The molecule has 4 atom stereocenters. The number of carbonyl (C=O) groups is 2. The molecule has 0 amide bonds. The van der Waals surface area contributed by atoms with Crippen molar-refractivity contribution in [2.45, 2.75) is 131 Å². The molecule has 46 heavy (non-hydrogen) atoms. The van der Waals surface area contributed by atoms with Crippen molar-refractivity contribution in [1.29, 1.82) is 0 Å². The first kappa shape index (κ1) is 33.9. The summed E-state index contributed by atoms with van der Waals surface area (Å²) >= 11 is 0. The Balaban J connectivity index is 1.14. The van der Waals surface area contributed by atoms with E-state index in [0.29, 0.717) is 37.2 Å². The first-order chi connectivity index (χ1) is 21.7. The van der Waals surface area contributed by atoms with E-state index < -0.39 is 23.0 Å². The van der Waals surface area contributed by atoms with Gasteiger partial charge in [-0.2, -0.15) is 0 Å². The molecule has 2 aromatic carbocycles. The highest BCUT2D eigenvalue weighted by Crippen LogP contribution is 2.45. The molecule has 1 saturated carbocycles. The molecule has 0 spiro atoms. The van der Waals surface area contributed by atoms with Crippen molar-refractivity contribution in [1.82, 2.24) is 0 Å². The van der Waals surface area contributed by atoms with Gasteiger partial charge in [0.15, 0.2) is 0 Å². The third-order valence-electron chi connectivity index (χ3n) is 11.3. The molecular weight excluding hydrogens is 584 g/mol. The Morgan fingerprint density at radius 1 is 0.652 bits per heavy atom. The molecule has 1 aliphatic carbocycles. The highest BCUT2D eigenvalue weighted by molar-refractivity contribution is 5.82. The van der Waals surface area contributed by atoms with Crippen LogP contribution < -0.4 is 9.47 Å². The molecule has 252 valence electrons. The fourth-order valence-corrected chi connectivity index (χ4v) is 7.59. The topological polar surface area (TPSA) is 112 Å². The molecule has 2 heterocycles. The molecular formula is C38H52O8. The van der Waals surface area contributed by atoms with Gasteiger partial charge in [0.25, 0.3) is 0 Å². The number of esters is 2. The van der Waals surface area contributed by atoms with Crippen molar-refractivity contribution in [3.8, 4) is 23.0 Å². The summed E-state index contributed by atoms with van der Waals surface area (Å²) in [5, 5.41) is 21.0. The van der Waals surface area contributed by atoms with Gasteiger partial charge in [-0.05, 0) is 127 Å². The minimum atomic E-state index is -0.507. The molecule has 5 rings (SSSR count). The molecule has 0 aromatic heterocycles. The number of carbonyl (C=O) groups excluding carboxylic acids is 2. The van der Waals surface area contributed by atoms with E-state index >= 15 is 0 Å². The van der Waals surface area contributed by atoms with Crippen LogP contribution in [0.1, 0.15) is 110 Å². The zero-order valence-corrected chi connectivity index (χ0v) is 29.0. The second-order valence-corrected chi connectivity index (χ2v) is 14.5. The quantitative estimate of drug-likeness (QED) is 0.287. The van der Waals surface area contributed by atoms with Crippen molar-refractivity contribution in [2.24, 2.45) is 11.8 Å². The van der Waals surface area contributed by atoms with Crippen molar-refractivity contribution < 1.29 is 38.7 Å². The second-order valence-electron chi connectivity index (χ2n) is 14.5. The standard InChI is InChI=1S/C38H52O8/c1-21-23(3)33-27(25(5)31(21)39)13-15-37(7,45-33)17-19-43-35(41)29-11-9-10-12-30(29)36(42)44-20-18-38(8)16-14-28-26(6)32(40)22(2)24(4)34(28)46-38/h29-30,39-40H,9-20H2,1-8H3. The Hall–Kier alpha value is -3.42. The number of hydrogen-bond acceptors (Lipinski definition) is 8. The summed E-state index contributed by atoms with van der Waals surface area (Å²) in [6.45, 7) is 16.1. The largest absolute Gasteiger partial charge is 0.507 e. The summed E-state index contributed by atoms with van der Waals surface area (Å²) in [6, 6.07) is 0.